The van der Waals surface area contributed by atoms with Crippen LogP contribution in [-0.4, -0.2) is 76.8 Å². The minimum Gasteiger partial charge on any atom is -0.508 e. The maximum Gasteiger partial charge on any atom is 0.488 e. The highest BCUT2D eigenvalue weighted by atomic mass is 128. The van der Waals surface area contributed by atoms with Crippen LogP contribution in [0.1, 0.15) is 46.3 Å². The third kappa shape index (κ3) is 15.6. The van der Waals surface area contributed by atoms with Gasteiger partial charge in [0, 0.05) is 69.8 Å². The molecule has 0 bridgehead atoms. The number of carbonyl (C=O) groups is 3. The molecule has 0 unspecified atom stereocenters. The number of esters is 3. The molecule has 4 N–H and O–H groups in total. The fourth-order valence-corrected chi connectivity index (χ4v) is 5.64. The van der Waals surface area contributed by atoms with Crippen LogP contribution in [0.3, 0.4) is 0 Å². The van der Waals surface area contributed by atoms with Crippen LogP contribution in [0.4, 0.5) is 0 Å². The Balaban J connectivity index is 0.000000291. The smallest absolute Gasteiger partial charge is 0.488 e. The van der Waals surface area contributed by atoms with E-state index in [0.717, 1.165) is 27.1 Å². The van der Waals surface area contributed by atoms with Crippen molar-refractivity contribution >= 4 is 113 Å². The number of hydrogen-bond donors (Lipinski definition) is 4. The third-order valence-corrected chi connectivity index (χ3v) is 8.65. The van der Waals surface area contributed by atoms with Gasteiger partial charge in [-0.05, 0) is 69.0 Å². The van der Waals surface area contributed by atoms with Crippen LogP contribution >= 0.6 is 61.2 Å². The van der Waals surface area contributed by atoms with E-state index in [2.05, 4.69) is 49.4 Å². The molecule has 2 aliphatic rings. The number of hydrogen-bond acceptors (Lipinski definition) is 12. The van der Waals surface area contributed by atoms with Gasteiger partial charge in [0.05, 0.1) is 12.4 Å². The molecule has 0 fully saturated rings. The molecule has 0 radical (unpaired) electrons. The predicted molar refractivity (Wildman–Crippen MR) is 242 cm³/mol. The number of benzene rings is 4. The van der Waals surface area contributed by atoms with E-state index in [1.807, 2.05) is 38.1 Å². The maximum absolute atomic E-state index is 11.0. The van der Waals surface area contributed by atoms with Crippen LogP contribution in [-0.2, 0) is 38.1 Å². The monoisotopic (exact) mass is 1110 g/mol. The van der Waals surface area contributed by atoms with Crippen molar-refractivity contribution in [3.05, 3.63) is 103 Å². The number of halogens is 3. The number of phenols is 2. The summed E-state index contributed by atoms with van der Waals surface area (Å²) in [6, 6.07) is 21.3. The Bertz CT molecular complexity index is 1960. The number of phenolic OH excluding ortho intramolecular Hbond substituents is 2. The predicted octanol–water partition coefficient (Wildman–Crippen LogP) is 7.39. The summed E-state index contributed by atoms with van der Waals surface area (Å²) in [6.07, 6.45) is 6.37. The van der Waals surface area contributed by atoms with Gasteiger partial charge in [0.15, 0.2) is 0 Å². The van der Waals surface area contributed by atoms with Gasteiger partial charge in [0.1, 0.15) is 43.0 Å². The van der Waals surface area contributed by atoms with Crippen LogP contribution in [0.15, 0.2) is 97.3 Å². The van der Waals surface area contributed by atoms with Crippen molar-refractivity contribution in [2.75, 3.05) is 13.2 Å². The Morgan fingerprint density at radius 2 is 1.21 bits per heavy atom. The molecular weight excluding hydrogens is 1060 g/mol. The summed E-state index contributed by atoms with van der Waals surface area (Å²) in [5.41, 5.74) is 1.49. The molecule has 6 rings (SSSR count). The lowest BCUT2D eigenvalue weighted by Gasteiger charge is -2.31. The summed E-state index contributed by atoms with van der Waals surface area (Å²) in [5.74, 6) is -0.373. The van der Waals surface area contributed by atoms with Gasteiger partial charge in [0.25, 0.3) is 0 Å². The van der Waals surface area contributed by atoms with Crippen molar-refractivity contribution in [2.45, 2.75) is 59.0 Å². The molecule has 4 aromatic rings. The number of carbonyl (C=O) groups excluding carboxylic acids is 3. The van der Waals surface area contributed by atoms with Crippen LogP contribution in [0.2, 0.25) is 0 Å². The third-order valence-electron chi connectivity index (χ3n) is 8.65. The Kier molecular flexibility index (Phi) is 21.5. The number of aromatic hydroxyl groups is 2. The molecule has 0 saturated heterocycles. The molecular formula is C40H46BI3O12. The molecule has 0 amide bonds. The lowest BCUT2D eigenvalue weighted by Crippen LogP contribution is -2.38. The number of rotatable bonds is 7. The van der Waals surface area contributed by atoms with Crippen molar-refractivity contribution in [3.63, 3.8) is 0 Å². The summed E-state index contributed by atoms with van der Waals surface area (Å²) >= 11 is 4.24. The van der Waals surface area contributed by atoms with Gasteiger partial charge in [-0.2, -0.15) is 0 Å². The molecule has 0 aromatic heterocycles. The molecule has 0 saturated carbocycles. The highest BCUT2D eigenvalue weighted by Gasteiger charge is 2.31. The average molecular weight is 1110 g/mol. The van der Waals surface area contributed by atoms with Crippen molar-refractivity contribution in [1.29, 1.82) is 0 Å². The van der Waals surface area contributed by atoms with Crippen molar-refractivity contribution in [3.8, 4) is 11.5 Å². The highest BCUT2D eigenvalue weighted by Crippen LogP contribution is 2.32. The average Bonchev–Trinajstić information content (AvgIpc) is 3.15. The molecule has 56 heavy (non-hydrogen) atoms. The highest BCUT2D eigenvalue weighted by molar-refractivity contribution is 15.0. The van der Waals surface area contributed by atoms with E-state index in [1.54, 1.807) is 54.6 Å². The van der Waals surface area contributed by atoms with E-state index in [9.17, 15) is 24.6 Å². The minimum absolute atomic E-state index is 0. The Morgan fingerprint density at radius 1 is 0.696 bits per heavy atom. The molecule has 2 heterocycles. The standard InChI is InChI=1S/C19H20O4.C11H16O5.C10H9BO3.I2.HI/c1-12-3-8-18(23-19(12)11-22-13(2)20)16-5-4-15-10-17(21)7-6-14(15)9-16;1-7-10(16-9(3)13)4-5-14-11(7)6-15-8(2)12;12-10-4-2-7-5-9(11(13)14)3-1-8(7)6-10;1-2;/h3-10,12,18-19,21H,11H2,1-2H3;4-5,7,10-11H,6H2,1-3H3;1-6,12-14H;;1H/t12-,18-,19+;7-,10+,11+;;;/m00.../s1. The summed E-state index contributed by atoms with van der Waals surface area (Å²) in [4.78, 5) is 32.5. The number of fused-ring (bicyclic) bond motifs is 2. The van der Waals surface area contributed by atoms with Gasteiger partial charge in [-0.15, -0.1) is 24.0 Å². The summed E-state index contributed by atoms with van der Waals surface area (Å²) in [6.45, 7) is 8.45. The molecule has 6 atom stereocenters. The zero-order valence-electron chi connectivity index (χ0n) is 31.4. The van der Waals surface area contributed by atoms with Crippen LogP contribution < -0.4 is 5.46 Å². The molecule has 16 heteroatoms. The first kappa shape index (κ1) is 49.0. The van der Waals surface area contributed by atoms with Gasteiger partial charge in [-0.1, -0.05) is 68.5 Å². The van der Waals surface area contributed by atoms with Gasteiger partial charge in [-0.3, -0.25) is 14.4 Å². The normalized spacial score (nSPS) is 20.5. The second-order valence-electron chi connectivity index (χ2n) is 12.8. The van der Waals surface area contributed by atoms with E-state index < -0.39 is 7.12 Å². The summed E-state index contributed by atoms with van der Waals surface area (Å²) < 4.78 is 26.5. The fourth-order valence-electron chi connectivity index (χ4n) is 5.64. The second kappa shape index (κ2) is 24.6. The Morgan fingerprint density at radius 3 is 1.77 bits per heavy atom. The summed E-state index contributed by atoms with van der Waals surface area (Å²) in [7, 11) is -1.45. The summed E-state index contributed by atoms with van der Waals surface area (Å²) in [5, 5.41) is 40.4. The van der Waals surface area contributed by atoms with Gasteiger partial charge >= 0.3 is 25.0 Å². The van der Waals surface area contributed by atoms with Gasteiger partial charge in [-0.25, -0.2) is 0 Å². The Hall–Kier alpha value is -3.18. The van der Waals surface area contributed by atoms with Crippen molar-refractivity contribution in [1.82, 2.24) is 0 Å². The molecule has 0 aliphatic carbocycles. The van der Waals surface area contributed by atoms with Crippen LogP contribution in [0.25, 0.3) is 21.5 Å². The van der Waals surface area contributed by atoms with Crippen LogP contribution in [0, 0.1) is 11.8 Å². The Labute approximate surface area is 367 Å². The van der Waals surface area contributed by atoms with E-state index >= 15 is 0 Å². The SMILES string of the molecule is CC(=O)OC[C@H]1OC=C[C@@H](OC(C)=O)[C@@H]1C.CC(=O)OC[C@H]1O[C@H](c2ccc3cc(O)ccc3c2)C=C[C@@H]1C.I.II.OB(O)c1ccc2cc(O)ccc2c1. The number of ether oxygens (including phenoxy) is 5. The first-order chi connectivity index (χ1) is 26.2. The molecule has 302 valence electrons. The maximum atomic E-state index is 11.0. The first-order valence-corrected chi connectivity index (χ1v) is 23.5. The topological polar surface area (TPSA) is 178 Å². The van der Waals surface area contributed by atoms with E-state index in [-0.39, 0.29) is 103 Å². The lowest BCUT2D eigenvalue weighted by molar-refractivity contribution is -0.155. The first-order valence-electron chi connectivity index (χ1n) is 17.3. The van der Waals surface area contributed by atoms with Crippen LogP contribution in [0.5, 0.6) is 11.5 Å². The molecule has 0 spiro atoms. The molecule has 2 aliphatic heterocycles. The lowest BCUT2D eigenvalue weighted by atomic mass is 9.79. The zero-order chi connectivity index (χ0) is 40.7. The van der Waals surface area contributed by atoms with Gasteiger partial charge in [0.2, 0.25) is 0 Å². The van der Waals surface area contributed by atoms with Crippen molar-refractivity contribution in [2.24, 2.45) is 11.8 Å². The molecule has 4 aromatic carbocycles. The largest absolute Gasteiger partial charge is 0.508 e. The molecule has 12 nitrogen and oxygen atoms in total. The van der Waals surface area contributed by atoms with E-state index in [4.69, 9.17) is 33.7 Å². The van der Waals surface area contributed by atoms with Gasteiger partial charge < -0.3 is 43.9 Å². The quantitative estimate of drug-likeness (QED) is 0.0476. The fraction of sp³-hybridized carbons (Fsp3) is 0.325. The van der Waals surface area contributed by atoms with E-state index in [0.29, 0.717) is 5.46 Å². The zero-order valence-corrected chi connectivity index (χ0v) is 38.1. The second-order valence-corrected chi connectivity index (χ2v) is 12.8. The minimum atomic E-state index is -1.45. The van der Waals surface area contributed by atoms with E-state index in [1.165, 1.54) is 27.0 Å². The van der Waals surface area contributed by atoms with Crippen molar-refractivity contribution < 1.29 is 58.3 Å².